The molecule has 1 aliphatic heterocycles. The number of fused-ring (bicyclic) bond motifs is 3. The molecule has 7 rings (SSSR count). The van der Waals surface area contributed by atoms with Crippen molar-refractivity contribution in [1.82, 2.24) is 0 Å². The largest absolute Gasteiger partial charge is 0.505 e. The Hall–Kier alpha value is -5.83. The van der Waals surface area contributed by atoms with E-state index in [4.69, 9.17) is 4.74 Å². The summed E-state index contributed by atoms with van der Waals surface area (Å²) in [6, 6.07) is 24.2. The van der Waals surface area contributed by atoms with E-state index in [9.17, 15) is 44.0 Å². The van der Waals surface area contributed by atoms with Gasteiger partial charge in [0.05, 0.1) is 23.4 Å². The number of ether oxygens (including phenoxy) is 1. The van der Waals surface area contributed by atoms with Gasteiger partial charge in [0.15, 0.2) is 5.75 Å². The van der Waals surface area contributed by atoms with Crippen LogP contribution in [0.25, 0.3) is 21.5 Å². The van der Waals surface area contributed by atoms with E-state index in [1.54, 1.807) is 18.2 Å². The molecular formula is C35H27N5O11S3. The second-order valence-electron chi connectivity index (χ2n) is 12.1. The normalized spacial score (nSPS) is 13.7. The topological polar surface area (TPSA) is 245 Å². The van der Waals surface area contributed by atoms with Crippen LogP contribution < -0.4 is 9.64 Å². The third-order valence-electron chi connectivity index (χ3n) is 8.67. The van der Waals surface area contributed by atoms with E-state index in [-0.39, 0.29) is 39.0 Å². The average Bonchev–Trinajstić information content (AvgIpc) is 3.56. The fraction of sp³-hybridized carbons (Fsp3) is 0.0857. The Balaban J connectivity index is 1.19. The second kappa shape index (κ2) is 13.5. The minimum absolute atomic E-state index is 0.0702. The molecule has 276 valence electrons. The molecule has 4 N–H and O–H groups in total. The molecule has 0 aromatic heterocycles. The molecule has 0 atom stereocenters. The highest BCUT2D eigenvalue weighted by molar-refractivity contribution is 7.87. The molecule has 0 aliphatic carbocycles. The van der Waals surface area contributed by atoms with Crippen LogP contribution in [-0.2, 0) is 43.4 Å². The molecule has 54 heavy (non-hydrogen) atoms. The molecule has 0 fully saturated rings. The number of benzene rings is 6. The maximum Gasteiger partial charge on any atom is 0.296 e. The van der Waals surface area contributed by atoms with Crippen molar-refractivity contribution in [3.8, 4) is 11.5 Å². The van der Waals surface area contributed by atoms with E-state index in [2.05, 4.69) is 25.4 Å². The number of phenolic OH excluding ortho intramolecular Hbond substituents is 1. The van der Waals surface area contributed by atoms with Gasteiger partial charge in [0.1, 0.15) is 26.9 Å². The average molecular weight is 790 g/mol. The van der Waals surface area contributed by atoms with E-state index in [1.165, 1.54) is 60.7 Å². The first-order valence-corrected chi connectivity index (χ1v) is 19.9. The van der Waals surface area contributed by atoms with E-state index in [1.807, 2.05) is 24.3 Å². The number of phenols is 1. The highest BCUT2D eigenvalue weighted by Gasteiger charge is 2.25. The summed E-state index contributed by atoms with van der Waals surface area (Å²) in [5.41, 5.74) is 3.03. The smallest absolute Gasteiger partial charge is 0.296 e. The number of azo groups is 2. The van der Waals surface area contributed by atoms with Gasteiger partial charge in [-0.3, -0.25) is 13.7 Å². The number of hydrogen-bond donors (Lipinski definition) is 4. The lowest BCUT2D eigenvalue weighted by atomic mass is 10.1. The van der Waals surface area contributed by atoms with E-state index in [0.717, 1.165) is 11.8 Å². The van der Waals surface area contributed by atoms with Crippen LogP contribution >= 0.6 is 0 Å². The van der Waals surface area contributed by atoms with Crippen molar-refractivity contribution in [3.63, 3.8) is 0 Å². The summed E-state index contributed by atoms with van der Waals surface area (Å²) in [5.74, 6) is -0.420. The van der Waals surface area contributed by atoms with Crippen LogP contribution in [0.2, 0.25) is 0 Å². The maximum absolute atomic E-state index is 12.5. The van der Waals surface area contributed by atoms with Gasteiger partial charge in [-0.1, -0.05) is 30.3 Å². The fourth-order valence-electron chi connectivity index (χ4n) is 6.09. The fourth-order valence-corrected chi connectivity index (χ4v) is 8.09. The molecule has 0 spiro atoms. The highest BCUT2D eigenvalue weighted by Crippen LogP contribution is 2.44. The predicted molar refractivity (Wildman–Crippen MR) is 197 cm³/mol. The van der Waals surface area contributed by atoms with Crippen molar-refractivity contribution < 1.29 is 48.8 Å². The lowest BCUT2D eigenvalue weighted by Gasteiger charge is -2.19. The molecule has 0 saturated carbocycles. The van der Waals surface area contributed by atoms with Crippen LogP contribution in [0.15, 0.2) is 132 Å². The Morgan fingerprint density at radius 1 is 0.611 bits per heavy atom. The second-order valence-corrected chi connectivity index (χ2v) is 16.3. The zero-order valence-electron chi connectivity index (χ0n) is 27.8. The highest BCUT2D eigenvalue weighted by atomic mass is 32.2. The monoisotopic (exact) mass is 789 g/mol. The first kappa shape index (κ1) is 36.5. The molecule has 1 heterocycles. The van der Waals surface area contributed by atoms with Gasteiger partial charge < -0.3 is 14.7 Å². The van der Waals surface area contributed by atoms with Crippen LogP contribution in [0.3, 0.4) is 0 Å². The first-order chi connectivity index (χ1) is 25.5. The SMILES string of the molecule is COc1cc(N=Nc2ccc3cc(S(=O)(=O)O)cc(S(=O)(=O)O)c3c2)ccc1N=Nc1c(S(=O)(=O)O)cc2cc(N3Cc4ccccc4C3)ccc2c1O. The summed E-state index contributed by atoms with van der Waals surface area (Å²) >= 11 is 0. The number of methoxy groups -OCH3 is 1. The Morgan fingerprint density at radius 2 is 1.26 bits per heavy atom. The van der Waals surface area contributed by atoms with E-state index < -0.39 is 56.5 Å². The van der Waals surface area contributed by atoms with Gasteiger partial charge in [-0.25, -0.2) is 0 Å². The molecular weight excluding hydrogens is 763 g/mol. The van der Waals surface area contributed by atoms with Gasteiger partial charge in [0, 0.05) is 35.6 Å². The summed E-state index contributed by atoms with van der Waals surface area (Å²) in [4.78, 5) is -0.0636. The zero-order chi connectivity index (χ0) is 38.6. The third-order valence-corrected chi connectivity index (χ3v) is 11.3. The Labute approximate surface area is 308 Å². The molecule has 0 bridgehead atoms. The number of aromatic hydroxyl groups is 1. The van der Waals surface area contributed by atoms with Crippen molar-refractivity contribution in [2.75, 3.05) is 12.0 Å². The minimum Gasteiger partial charge on any atom is -0.505 e. The van der Waals surface area contributed by atoms with Gasteiger partial charge in [-0.05, 0) is 82.6 Å². The molecule has 1 aliphatic rings. The van der Waals surface area contributed by atoms with Crippen LogP contribution in [0, 0.1) is 0 Å². The molecule has 6 aromatic carbocycles. The van der Waals surface area contributed by atoms with Crippen molar-refractivity contribution in [2.24, 2.45) is 20.5 Å². The van der Waals surface area contributed by atoms with Crippen molar-refractivity contribution in [3.05, 3.63) is 108 Å². The van der Waals surface area contributed by atoms with Crippen molar-refractivity contribution in [1.29, 1.82) is 0 Å². The van der Waals surface area contributed by atoms with E-state index in [0.29, 0.717) is 24.5 Å². The summed E-state index contributed by atoms with van der Waals surface area (Å²) in [6.07, 6.45) is 0. The van der Waals surface area contributed by atoms with Gasteiger partial charge in [-0.15, -0.1) is 10.2 Å². The Bertz CT molecular complexity index is 2910. The number of nitrogens with zero attached hydrogens (tertiary/aromatic N) is 5. The zero-order valence-corrected chi connectivity index (χ0v) is 30.2. The lowest BCUT2D eigenvalue weighted by Crippen LogP contribution is -2.14. The number of hydrogen-bond acceptors (Lipinski definition) is 13. The van der Waals surface area contributed by atoms with Crippen molar-refractivity contribution in [2.45, 2.75) is 27.8 Å². The van der Waals surface area contributed by atoms with Gasteiger partial charge >= 0.3 is 0 Å². The van der Waals surface area contributed by atoms with Crippen LogP contribution in [0.5, 0.6) is 11.5 Å². The molecule has 0 saturated heterocycles. The lowest BCUT2D eigenvalue weighted by molar-refractivity contribution is 0.416. The summed E-state index contributed by atoms with van der Waals surface area (Å²) < 4.78 is 107. The molecule has 0 unspecified atom stereocenters. The summed E-state index contributed by atoms with van der Waals surface area (Å²) in [7, 11) is -13.3. The first-order valence-electron chi connectivity index (χ1n) is 15.6. The van der Waals surface area contributed by atoms with E-state index >= 15 is 0 Å². The van der Waals surface area contributed by atoms with Crippen LogP contribution in [0.1, 0.15) is 11.1 Å². The van der Waals surface area contributed by atoms with Crippen LogP contribution in [-0.4, -0.2) is 51.1 Å². The molecule has 6 aromatic rings. The maximum atomic E-state index is 12.5. The van der Waals surface area contributed by atoms with Gasteiger partial charge in [0.25, 0.3) is 30.4 Å². The number of anilines is 1. The molecule has 16 nitrogen and oxygen atoms in total. The van der Waals surface area contributed by atoms with Gasteiger partial charge in [0.2, 0.25) is 0 Å². The molecule has 19 heteroatoms. The summed E-state index contributed by atoms with van der Waals surface area (Å²) in [6.45, 7) is 1.30. The van der Waals surface area contributed by atoms with Crippen LogP contribution in [0.4, 0.5) is 28.4 Å². The quantitative estimate of drug-likeness (QED) is 0.0810. The summed E-state index contributed by atoms with van der Waals surface area (Å²) in [5, 5.41) is 28.1. The van der Waals surface area contributed by atoms with Gasteiger partial charge in [-0.2, -0.15) is 35.5 Å². The molecule has 0 radical (unpaired) electrons. The number of rotatable bonds is 9. The minimum atomic E-state index is -4.92. The predicted octanol–water partition coefficient (Wildman–Crippen LogP) is 7.80. The van der Waals surface area contributed by atoms with Crippen molar-refractivity contribution >= 4 is 80.3 Å². The Kier molecular flexibility index (Phi) is 9.16. The molecule has 0 amide bonds. The Morgan fingerprint density at radius 3 is 1.89 bits per heavy atom. The third kappa shape index (κ3) is 7.23. The standard InChI is InChI=1S/C35H27N5O11S3/c1-51-31-16-25(37-36-24-7-6-20-13-27(52(42,43)44)17-32(29(20)15-24)53(45,46)47)8-11-30(31)38-39-34-33(54(48,49)50)14-23-12-26(9-10-28(23)35(34)41)40-18-21-4-2-3-5-22(21)19-40/h2-17,41H,18-19H2,1H3,(H,42,43,44)(H,45,46,47)(H,48,49,50).